The summed E-state index contributed by atoms with van der Waals surface area (Å²) in [6.45, 7) is 17.7. The molecule has 0 unspecified atom stereocenters. The van der Waals surface area contributed by atoms with Gasteiger partial charge in [-0.3, -0.25) is 0 Å². The predicted molar refractivity (Wildman–Crippen MR) is 286 cm³/mol. The van der Waals surface area contributed by atoms with Crippen molar-refractivity contribution < 1.29 is 13.2 Å². The molecular weight excluding hydrogens is 924 g/mol. The van der Waals surface area contributed by atoms with E-state index in [9.17, 15) is 23.7 Å². The molecule has 0 spiro atoms. The molecule has 0 saturated carbocycles. The molecule has 348 valence electrons. The number of aryl methyl sites for hydroxylation is 1. The highest BCUT2D eigenvalue weighted by Gasteiger charge is 2.31. The van der Waals surface area contributed by atoms with Crippen LogP contribution in [0.5, 0.6) is 0 Å². The lowest BCUT2D eigenvalue weighted by Crippen LogP contribution is -2.05. The third-order valence-corrected chi connectivity index (χ3v) is 13.2. The summed E-state index contributed by atoms with van der Waals surface area (Å²) in [5, 5.41) is 21.6. The second-order valence-electron chi connectivity index (χ2n) is 17.8. The first-order valence-corrected chi connectivity index (χ1v) is 23.4. The summed E-state index contributed by atoms with van der Waals surface area (Å²) in [6, 6.07) is 65.1. The first kappa shape index (κ1) is 46.0. The summed E-state index contributed by atoms with van der Waals surface area (Å²) in [5.41, 5.74) is 12.8. The highest BCUT2D eigenvalue weighted by atomic mass is 19.4. The zero-order valence-corrected chi connectivity index (χ0v) is 39.3. The van der Waals surface area contributed by atoms with Crippen LogP contribution in [0, 0.1) is 42.7 Å². The fourth-order valence-corrected chi connectivity index (χ4v) is 9.59. The van der Waals surface area contributed by atoms with Gasteiger partial charge in [-0.05, 0) is 113 Å². The summed E-state index contributed by atoms with van der Waals surface area (Å²) in [5.74, 6) is 0.408. The molecule has 0 radical (unpaired) electrons. The quantitative estimate of drug-likeness (QED) is 0.142. The average Bonchev–Trinajstić information content (AvgIpc) is 3.77. The van der Waals surface area contributed by atoms with Crippen molar-refractivity contribution in [2.45, 2.75) is 13.1 Å². The van der Waals surface area contributed by atoms with Crippen LogP contribution in [0.25, 0.3) is 116 Å². The van der Waals surface area contributed by atoms with Crippen LogP contribution in [-0.4, -0.2) is 14.5 Å². The number of benzene rings is 9. The lowest BCUT2D eigenvalue weighted by Gasteiger charge is -2.22. The van der Waals surface area contributed by atoms with Crippen molar-refractivity contribution >= 4 is 33.2 Å². The SMILES string of the molecule is [C-]#[N+]c1ccc(-c2ccc3c(c2)c2cc(-c4ccc(C#N)cc4[N+]#[C-])ccc2n3-c2c(-c3ccc(C)cc3)cc(-c3nc(-c4ccccc4)cc(-c4ccccc4)n3)cc2-c2ccc(C(F)(F)F)cc2)c(C#N)c1. The van der Waals surface area contributed by atoms with Gasteiger partial charge in [-0.25, -0.2) is 19.7 Å². The van der Waals surface area contributed by atoms with Crippen LogP contribution in [-0.2, 0) is 6.18 Å². The number of fused-ring (bicyclic) bond motifs is 3. The molecule has 0 aliphatic rings. The Morgan fingerprint density at radius 2 is 1.03 bits per heavy atom. The van der Waals surface area contributed by atoms with Gasteiger partial charge in [0.15, 0.2) is 17.2 Å². The van der Waals surface area contributed by atoms with Gasteiger partial charge in [0.05, 0.1) is 59.0 Å². The van der Waals surface area contributed by atoms with Gasteiger partial charge in [0.2, 0.25) is 0 Å². The van der Waals surface area contributed by atoms with Crippen LogP contribution in [0.15, 0.2) is 200 Å². The lowest BCUT2D eigenvalue weighted by atomic mass is 9.91. The van der Waals surface area contributed by atoms with Crippen molar-refractivity contribution in [1.82, 2.24) is 14.5 Å². The minimum Gasteiger partial charge on any atom is -0.308 e. The summed E-state index contributed by atoms with van der Waals surface area (Å²) >= 11 is 0. The molecular formula is C64H36F3N7. The van der Waals surface area contributed by atoms with Gasteiger partial charge < -0.3 is 4.57 Å². The summed E-state index contributed by atoms with van der Waals surface area (Å²) < 4.78 is 45.1. The molecule has 11 rings (SSSR count). The molecule has 0 atom stereocenters. The largest absolute Gasteiger partial charge is 0.416 e. The summed E-state index contributed by atoms with van der Waals surface area (Å²) in [4.78, 5) is 17.8. The van der Waals surface area contributed by atoms with Gasteiger partial charge in [-0.1, -0.05) is 133 Å². The normalized spacial score (nSPS) is 11.2. The predicted octanol–water partition coefficient (Wildman–Crippen LogP) is 17.4. The molecule has 74 heavy (non-hydrogen) atoms. The zero-order chi connectivity index (χ0) is 51.1. The molecule has 0 aliphatic heterocycles. The van der Waals surface area contributed by atoms with Gasteiger partial charge in [0.25, 0.3) is 0 Å². The van der Waals surface area contributed by atoms with Crippen LogP contribution < -0.4 is 0 Å². The van der Waals surface area contributed by atoms with E-state index in [1.807, 2.05) is 146 Å². The van der Waals surface area contributed by atoms with E-state index in [1.54, 1.807) is 36.4 Å². The highest BCUT2D eigenvalue weighted by molar-refractivity contribution is 6.13. The number of aromatic nitrogens is 3. The minimum absolute atomic E-state index is 0.308. The van der Waals surface area contributed by atoms with Crippen molar-refractivity contribution in [3.63, 3.8) is 0 Å². The second kappa shape index (κ2) is 18.7. The standard InChI is InChI=1S/C64H36F3N7/c1-39-14-17-41(18-15-39)53-34-47(63-72-57(43-10-6-4-7-11-43)36-58(73-63)44-12-8-5-9-13-44)35-54(42-19-23-49(24-20-42)64(65,66)67)62(53)74-60-28-21-45(51-27-25-50(70-2)31-48(51)38-69)32-55(60)56-33-46(22-29-61(56)74)52-26-16-40(37-68)30-59(52)71-3/h4-36H,1H3. The third-order valence-electron chi connectivity index (χ3n) is 13.2. The van der Waals surface area contributed by atoms with Crippen molar-refractivity contribution in [3.05, 3.63) is 245 Å². The van der Waals surface area contributed by atoms with E-state index in [-0.39, 0.29) is 0 Å². The summed E-state index contributed by atoms with van der Waals surface area (Å²) in [6.07, 6.45) is -4.58. The van der Waals surface area contributed by atoms with Crippen LogP contribution >= 0.6 is 0 Å². The third kappa shape index (κ3) is 8.46. The van der Waals surface area contributed by atoms with E-state index in [0.717, 1.165) is 72.9 Å². The van der Waals surface area contributed by atoms with Gasteiger partial charge in [-0.2, -0.15) is 23.7 Å². The number of hydrogen-bond acceptors (Lipinski definition) is 4. The molecule has 0 amide bonds. The van der Waals surface area contributed by atoms with Crippen LogP contribution in [0.2, 0.25) is 0 Å². The molecule has 9 aromatic carbocycles. The second-order valence-corrected chi connectivity index (χ2v) is 17.8. The van der Waals surface area contributed by atoms with E-state index in [0.29, 0.717) is 73.2 Å². The maximum Gasteiger partial charge on any atom is 0.416 e. The van der Waals surface area contributed by atoms with Gasteiger partial charge >= 0.3 is 6.18 Å². The Morgan fingerprint density at radius 3 is 1.55 bits per heavy atom. The number of halogens is 3. The Labute approximate surface area is 424 Å². The van der Waals surface area contributed by atoms with Crippen LogP contribution in [0.1, 0.15) is 22.3 Å². The molecule has 11 aromatic rings. The molecule has 0 fully saturated rings. The smallest absolute Gasteiger partial charge is 0.308 e. The average molecular weight is 960 g/mol. The Kier molecular flexibility index (Phi) is 11.7. The van der Waals surface area contributed by atoms with Crippen molar-refractivity contribution in [2.24, 2.45) is 0 Å². The minimum atomic E-state index is -4.58. The van der Waals surface area contributed by atoms with Crippen molar-refractivity contribution in [1.29, 1.82) is 10.5 Å². The van der Waals surface area contributed by atoms with Gasteiger partial charge in [0.1, 0.15) is 0 Å². The molecule has 7 nitrogen and oxygen atoms in total. The van der Waals surface area contributed by atoms with Crippen molar-refractivity contribution in [2.75, 3.05) is 0 Å². The lowest BCUT2D eigenvalue weighted by molar-refractivity contribution is -0.137. The van der Waals surface area contributed by atoms with E-state index < -0.39 is 11.7 Å². The fraction of sp³-hybridized carbons (Fsp3) is 0.0312. The maximum atomic E-state index is 14.3. The molecule has 10 heteroatoms. The molecule has 0 N–H and O–H groups in total. The molecule has 2 aromatic heterocycles. The Bertz CT molecular complexity index is 4020. The van der Waals surface area contributed by atoms with Gasteiger partial charge in [-0.15, -0.1) is 0 Å². The Hall–Kier alpha value is -10.4. The number of hydrogen-bond donors (Lipinski definition) is 0. The van der Waals surface area contributed by atoms with Gasteiger partial charge in [0, 0.05) is 49.7 Å². The first-order chi connectivity index (χ1) is 36.0. The topological polar surface area (TPSA) is 87.0 Å². The van der Waals surface area contributed by atoms with Crippen LogP contribution in [0.4, 0.5) is 24.5 Å². The van der Waals surface area contributed by atoms with Crippen LogP contribution in [0.3, 0.4) is 0 Å². The Balaban J connectivity index is 1.26. The monoisotopic (exact) mass is 959 g/mol. The molecule has 0 aliphatic carbocycles. The van der Waals surface area contributed by atoms with E-state index in [4.69, 9.17) is 23.1 Å². The number of nitriles is 2. The molecule has 2 heterocycles. The van der Waals surface area contributed by atoms with E-state index in [1.165, 1.54) is 12.1 Å². The van der Waals surface area contributed by atoms with E-state index in [2.05, 4.69) is 26.4 Å². The number of alkyl halides is 3. The number of nitrogens with zero attached hydrogens (tertiary/aromatic N) is 7. The Morgan fingerprint density at radius 1 is 0.486 bits per heavy atom. The highest BCUT2D eigenvalue weighted by Crippen LogP contribution is 2.47. The maximum absolute atomic E-state index is 14.3. The van der Waals surface area contributed by atoms with E-state index >= 15 is 0 Å². The summed E-state index contributed by atoms with van der Waals surface area (Å²) in [7, 11) is 0. The number of rotatable bonds is 8. The van der Waals surface area contributed by atoms with Crippen molar-refractivity contribution in [3.8, 4) is 96.2 Å². The first-order valence-electron chi connectivity index (χ1n) is 23.4. The zero-order valence-electron chi connectivity index (χ0n) is 39.3. The fourth-order valence-electron chi connectivity index (χ4n) is 9.59. The molecule has 0 bridgehead atoms. The molecule has 0 saturated heterocycles.